The van der Waals surface area contributed by atoms with Gasteiger partial charge < -0.3 is 25.0 Å². The largest absolute Gasteiger partial charge is 0.466 e. The van der Waals surface area contributed by atoms with Crippen LogP contribution in [0.4, 0.5) is 4.79 Å². The first-order chi connectivity index (χ1) is 17.0. The number of hydrogen-bond acceptors (Lipinski definition) is 7. The van der Waals surface area contributed by atoms with Gasteiger partial charge in [0, 0.05) is 17.8 Å². The molecule has 0 radical (unpaired) electrons. The van der Waals surface area contributed by atoms with E-state index in [1.807, 2.05) is 52.8 Å². The number of nitrogens with zero attached hydrogens (tertiary/aromatic N) is 1. The first-order valence-electron chi connectivity index (χ1n) is 12.5. The van der Waals surface area contributed by atoms with Crippen LogP contribution in [0.5, 0.6) is 0 Å². The average Bonchev–Trinajstić information content (AvgIpc) is 2.75. The summed E-state index contributed by atoms with van der Waals surface area (Å²) in [5.41, 5.74) is 0.808. The molecule has 208 valence electrons. The Morgan fingerprint density at radius 3 is 2.19 bits per heavy atom. The van der Waals surface area contributed by atoms with Crippen molar-refractivity contribution in [1.82, 2.24) is 15.5 Å². The molecule has 1 aromatic carbocycles. The topological polar surface area (TPSA) is 114 Å². The third-order valence-electron chi connectivity index (χ3n) is 5.30. The van der Waals surface area contributed by atoms with Crippen LogP contribution >= 0.6 is 12.6 Å². The number of thiol groups is 1. The summed E-state index contributed by atoms with van der Waals surface area (Å²) in [5, 5.41) is 5.39. The summed E-state index contributed by atoms with van der Waals surface area (Å²) in [6.07, 6.45) is -0.752. The third-order valence-corrected chi connectivity index (χ3v) is 5.67. The highest BCUT2D eigenvalue weighted by Gasteiger charge is 2.42. The molecular weight excluding hydrogens is 494 g/mol. The van der Waals surface area contributed by atoms with E-state index < -0.39 is 47.1 Å². The fourth-order valence-electron chi connectivity index (χ4n) is 3.72. The predicted octanol–water partition coefficient (Wildman–Crippen LogP) is 3.86. The van der Waals surface area contributed by atoms with Gasteiger partial charge in [0.25, 0.3) is 0 Å². The Morgan fingerprint density at radius 1 is 1.05 bits per heavy atom. The number of benzene rings is 1. The van der Waals surface area contributed by atoms with E-state index in [-0.39, 0.29) is 25.3 Å². The zero-order chi connectivity index (χ0) is 28.6. The van der Waals surface area contributed by atoms with E-state index in [1.165, 1.54) is 4.90 Å². The molecule has 0 aliphatic rings. The minimum Gasteiger partial charge on any atom is -0.466 e. The zero-order valence-electron chi connectivity index (χ0n) is 23.6. The SMILES string of the molecule is CCOC(=O)CCNC(=O)C(c1cc(C)ccc1C)N(C(=O)C(CS)NC(=O)OC(C)(C)C)C(C)(C)C. The smallest absolute Gasteiger partial charge is 0.408 e. The van der Waals surface area contributed by atoms with Gasteiger partial charge in [-0.15, -0.1) is 0 Å². The maximum atomic E-state index is 14.0. The van der Waals surface area contributed by atoms with E-state index >= 15 is 0 Å². The Kier molecular flexibility index (Phi) is 11.9. The van der Waals surface area contributed by atoms with Crippen LogP contribution in [0.3, 0.4) is 0 Å². The van der Waals surface area contributed by atoms with Crippen LogP contribution in [-0.4, -0.2) is 64.9 Å². The van der Waals surface area contributed by atoms with E-state index in [0.717, 1.165) is 11.1 Å². The van der Waals surface area contributed by atoms with E-state index in [2.05, 4.69) is 23.3 Å². The number of carbonyl (C=O) groups excluding carboxylic acids is 4. The van der Waals surface area contributed by atoms with Crippen LogP contribution in [0.2, 0.25) is 0 Å². The molecular formula is C27H43N3O6S. The van der Waals surface area contributed by atoms with E-state index in [9.17, 15) is 19.2 Å². The quantitative estimate of drug-likeness (QED) is 0.309. The molecule has 2 atom stereocenters. The predicted molar refractivity (Wildman–Crippen MR) is 147 cm³/mol. The van der Waals surface area contributed by atoms with Crippen molar-refractivity contribution < 1.29 is 28.7 Å². The highest BCUT2D eigenvalue weighted by atomic mass is 32.1. The second-order valence-corrected chi connectivity index (χ2v) is 11.2. The first-order valence-corrected chi connectivity index (χ1v) is 13.1. The van der Waals surface area contributed by atoms with Gasteiger partial charge in [0.2, 0.25) is 11.8 Å². The van der Waals surface area contributed by atoms with Crippen molar-refractivity contribution in [2.24, 2.45) is 0 Å². The number of ether oxygens (including phenoxy) is 2. The molecule has 0 bridgehead atoms. The summed E-state index contributed by atoms with van der Waals surface area (Å²) < 4.78 is 10.3. The van der Waals surface area contributed by atoms with E-state index in [0.29, 0.717) is 5.56 Å². The van der Waals surface area contributed by atoms with Crippen LogP contribution in [-0.2, 0) is 23.9 Å². The Hall–Kier alpha value is -2.75. The van der Waals surface area contributed by atoms with E-state index in [4.69, 9.17) is 9.47 Å². The lowest BCUT2D eigenvalue weighted by molar-refractivity contribution is -0.148. The molecule has 0 saturated carbocycles. The minimum atomic E-state index is -1.04. The van der Waals surface area contributed by atoms with Crippen molar-refractivity contribution in [2.75, 3.05) is 18.9 Å². The number of rotatable bonds is 10. The van der Waals surface area contributed by atoms with Gasteiger partial charge in [0.05, 0.1) is 13.0 Å². The van der Waals surface area contributed by atoms with Gasteiger partial charge in [-0.05, 0) is 73.4 Å². The molecule has 0 aliphatic carbocycles. The molecule has 1 aromatic rings. The van der Waals surface area contributed by atoms with Crippen LogP contribution < -0.4 is 10.6 Å². The lowest BCUT2D eigenvalue weighted by Gasteiger charge is -2.43. The molecule has 0 aliphatic heterocycles. The van der Waals surface area contributed by atoms with Gasteiger partial charge in [-0.3, -0.25) is 14.4 Å². The Bertz CT molecular complexity index is 968. The molecule has 0 saturated heterocycles. The molecule has 3 amide bonds. The van der Waals surface area contributed by atoms with Gasteiger partial charge in [-0.25, -0.2) is 4.79 Å². The molecule has 0 aromatic heterocycles. The fraction of sp³-hybridized carbons (Fsp3) is 0.630. The molecule has 1 rings (SSSR count). The van der Waals surface area contributed by atoms with Gasteiger partial charge in [-0.1, -0.05) is 23.8 Å². The Morgan fingerprint density at radius 2 is 1.68 bits per heavy atom. The van der Waals surface area contributed by atoms with E-state index in [1.54, 1.807) is 27.7 Å². The number of alkyl carbamates (subject to hydrolysis) is 1. The standard InChI is InChI=1S/C27H43N3O6S/c1-10-35-21(31)13-14-28-23(32)22(19-15-17(2)11-12-18(19)3)30(26(4,5)6)24(33)20(16-37)29-25(34)36-27(7,8)9/h11-12,15,20,22,37H,10,13-14,16H2,1-9H3,(H,28,32)(H,29,34). The van der Waals surface area contributed by atoms with Gasteiger partial charge in [0.1, 0.15) is 17.7 Å². The van der Waals surface area contributed by atoms with Crippen molar-refractivity contribution in [1.29, 1.82) is 0 Å². The molecule has 0 heterocycles. The summed E-state index contributed by atoms with van der Waals surface area (Å²) in [6, 6.07) is 3.62. The summed E-state index contributed by atoms with van der Waals surface area (Å²) in [7, 11) is 0. The zero-order valence-corrected chi connectivity index (χ0v) is 24.5. The molecule has 0 fully saturated rings. The molecule has 0 spiro atoms. The van der Waals surface area contributed by atoms with Crippen molar-refractivity contribution in [3.63, 3.8) is 0 Å². The van der Waals surface area contributed by atoms with Gasteiger partial charge in [-0.2, -0.15) is 12.6 Å². The number of aryl methyl sites for hydroxylation is 2. The highest BCUT2D eigenvalue weighted by molar-refractivity contribution is 7.80. The number of esters is 1. The lowest BCUT2D eigenvalue weighted by atomic mass is 9.92. The maximum absolute atomic E-state index is 14.0. The minimum absolute atomic E-state index is 0.00201. The van der Waals surface area contributed by atoms with Crippen molar-refractivity contribution in [3.8, 4) is 0 Å². The molecule has 10 heteroatoms. The molecule has 9 nitrogen and oxygen atoms in total. The number of amides is 3. The number of nitrogens with one attached hydrogen (secondary N) is 2. The monoisotopic (exact) mass is 537 g/mol. The summed E-state index contributed by atoms with van der Waals surface area (Å²) in [5.74, 6) is -1.36. The third kappa shape index (κ3) is 10.3. The normalized spacial score (nSPS) is 13.2. The van der Waals surface area contributed by atoms with Crippen molar-refractivity contribution in [3.05, 3.63) is 34.9 Å². The number of carbonyl (C=O) groups is 4. The summed E-state index contributed by atoms with van der Waals surface area (Å²) in [4.78, 5) is 53.4. The highest BCUT2D eigenvalue weighted by Crippen LogP contribution is 2.32. The van der Waals surface area contributed by atoms with Crippen molar-refractivity contribution >= 4 is 36.5 Å². The fourth-order valence-corrected chi connectivity index (χ4v) is 3.97. The molecule has 37 heavy (non-hydrogen) atoms. The van der Waals surface area contributed by atoms with Gasteiger partial charge >= 0.3 is 12.1 Å². The van der Waals surface area contributed by atoms with Crippen molar-refractivity contribution in [2.45, 2.75) is 92.0 Å². The molecule has 2 unspecified atom stereocenters. The average molecular weight is 538 g/mol. The molecule has 2 N–H and O–H groups in total. The van der Waals surface area contributed by atoms with Crippen LogP contribution in [0.15, 0.2) is 18.2 Å². The Labute approximate surface area is 226 Å². The second kappa shape index (κ2) is 13.7. The number of hydrogen-bond donors (Lipinski definition) is 3. The van der Waals surface area contributed by atoms with Gasteiger partial charge in [0.15, 0.2) is 0 Å². The summed E-state index contributed by atoms with van der Waals surface area (Å²) >= 11 is 4.30. The van der Waals surface area contributed by atoms with Crippen LogP contribution in [0.25, 0.3) is 0 Å². The van der Waals surface area contributed by atoms with Crippen LogP contribution in [0.1, 0.15) is 77.6 Å². The Balaban J connectivity index is 3.46. The maximum Gasteiger partial charge on any atom is 0.408 e. The first kappa shape index (κ1) is 32.3. The second-order valence-electron chi connectivity index (χ2n) is 10.9. The lowest BCUT2D eigenvalue weighted by Crippen LogP contribution is -2.59. The summed E-state index contributed by atoms with van der Waals surface area (Å²) in [6.45, 7) is 16.4. The van der Waals surface area contributed by atoms with Crippen LogP contribution in [0, 0.1) is 13.8 Å².